The Labute approximate surface area is 103 Å². The summed E-state index contributed by atoms with van der Waals surface area (Å²) in [5.41, 5.74) is 5.87. The molecule has 0 bridgehead atoms. The van der Waals surface area contributed by atoms with Crippen LogP contribution in [0.5, 0.6) is 0 Å². The molecule has 1 aromatic heterocycles. The summed E-state index contributed by atoms with van der Waals surface area (Å²) in [6.07, 6.45) is 5.88. The average molecular weight is 234 g/mol. The second-order valence-electron chi connectivity index (χ2n) is 5.53. The number of nitrogens with zero attached hydrogens (tertiary/aromatic N) is 2. The van der Waals surface area contributed by atoms with Gasteiger partial charge in [-0.3, -0.25) is 0 Å². The minimum absolute atomic E-state index is 0.339. The van der Waals surface area contributed by atoms with Crippen LogP contribution in [-0.4, -0.2) is 16.5 Å². The van der Waals surface area contributed by atoms with E-state index in [1.54, 1.807) is 6.20 Å². The first-order valence-corrected chi connectivity index (χ1v) is 6.38. The van der Waals surface area contributed by atoms with E-state index in [1.165, 1.54) is 19.3 Å². The van der Waals surface area contributed by atoms with E-state index >= 15 is 0 Å². The third-order valence-corrected chi connectivity index (χ3v) is 3.82. The Hall–Kier alpha value is -1.16. The van der Waals surface area contributed by atoms with Crippen LogP contribution in [0.1, 0.15) is 38.9 Å². The second kappa shape index (κ2) is 5.00. The highest BCUT2D eigenvalue weighted by molar-refractivity contribution is 5.33. The van der Waals surface area contributed by atoms with Crippen LogP contribution in [0, 0.1) is 11.3 Å². The first-order valence-electron chi connectivity index (χ1n) is 6.38. The van der Waals surface area contributed by atoms with Gasteiger partial charge in [-0.05, 0) is 30.2 Å². The third kappa shape index (κ3) is 2.94. The van der Waals surface area contributed by atoms with Crippen molar-refractivity contribution in [2.24, 2.45) is 17.1 Å². The van der Waals surface area contributed by atoms with E-state index in [0.29, 0.717) is 17.8 Å². The van der Waals surface area contributed by atoms with Crippen LogP contribution in [0.15, 0.2) is 12.3 Å². The number of hydrogen-bond donors (Lipinski definition) is 2. The molecule has 0 aromatic carbocycles. The predicted molar refractivity (Wildman–Crippen MR) is 69.5 cm³/mol. The maximum absolute atomic E-state index is 5.53. The smallest absolute Gasteiger partial charge is 0.144 e. The minimum atomic E-state index is 0.339. The molecule has 0 spiro atoms. The Balaban J connectivity index is 1.92. The molecule has 0 aliphatic heterocycles. The van der Waals surface area contributed by atoms with Crippen LogP contribution >= 0.6 is 0 Å². The lowest BCUT2D eigenvalue weighted by Crippen LogP contribution is -2.35. The Morgan fingerprint density at radius 3 is 2.82 bits per heavy atom. The Kier molecular flexibility index (Phi) is 3.62. The first-order chi connectivity index (χ1) is 8.12. The molecule has 17 heavy (non-hydrogen) atoms. The van der Waals surface area contributed by atoms with Crippen LogP contribution in [0.4, 0.5) is 5.82 Å². The topological polar surface area (TPSA) is 63.8 Å². The minimum Gasteiger partial charge on any atom is -0.369 e. The Morgan fingerprint density at radius 2 is 2.24 bits per heavy atom. The number of anilines is 1. The van der Waals surface area contributed by atoms with E-state index in [2.05, 4.69) is 29.1 Å². The highest BCUT2D eigenvalue weighted by Gasteiger charge is 2.33. The van der Waals surface area contributed by atoms with Gasteiger partial charge in [0.2, 0.25) is 0 Å². The SMILES string of the molecule is CC(C)(CNc1ccnc(CN)n1)C1CCC1. The standard InChI is InChI=1S/C13H22N4/c1-13(2,10-4-3-5-10)9-16-11-6-7-15-12(8-14)17-11/h6-7,10H,3-5,8-9,14H2,1-2H3,(H,15,16,17). The van der Waals surface area contributed by atoms with Gasteiger partial charge in [0.25, 0.3) is 0 Å². The van der Waals surface area contributed by atoms with Gasteiger partial charge in [-0.2, -0.15) is 0 Å². The van der Waals surface area contributed by atoms with Crippen molar-refractivity contribution in [2.45, 2.75) is 39.7 Å². The summed E-state index contributed by atoms with van der Waals surface area (Å²) in [5, 5.41) is 3.40. The van der Waals surface area contributed by atoms with Gasteiger partial charge in [0.05, 0.1) is 6.54 Å². The Morgan fingerprint density at radius 1 is 1.47 bits per heavy atom. The van der Waals surface area contributed by atoms with Crippen LogP contribution in [0.25, 0.3) is 0 Å². The first kappa shape index (κ1) is 12.3. The predicted octanol–water partition coefficient (Wildman–Crippen LogP) is 2.17. The molecule has 1 aliphatic carbocycles. The summed E-state index contributed by atoms with van der Waals surface area (Å²) < 4.78 is 0. The highest BCUT2D eigenvalue weighted by atomic mass is 15.0. The second-order valence-corrected chi connectivity index (χ2v) is 5.53. The lowest BCUT2D eigenvalue weighted by Gasteiger charge is -2.40. The van der Waals surface area contributed by atoms with E-state index in [-0.39, 0.29) is 0 Å². The van der Waals surface area contributed by atoms with Crippen molar-refractivity contribution in [3.05, 3.63) is 18.1 Å². The molecule has 2 rings (SSSR count). The van der Waals surface area contributed by atoms with Gasteiger partial charge in [0, 0.05) is 12.7 Å². The molecule has 4 heteroatoms. The Bertz CT molecular complexity index is 371. The van der Waals surface area contributed by atoms with Crippen LogP contribution in [0.3, 0.4) is 0 Å². The summed E-state index contributed by atoms with van der Waals surface area (Å²) in [6.45, 7) is 6.00. The largest absolute Gasteiger partial charge is 0.369 e. The molecule has 1 saturated carbocycles. The molecule has 1 fully saturated rings. The zero-order chi connectivity index (χ0) is 12.3. The van der Waals surface area contributed by atoms with Gasteiger partial charge in [-0.25, -0.2) is 9.97 Å². The van der Waals surface area contributed by atoms with Gasteiger partial charge < -0.3 is 11.1 Å². The third-order valence-electron chi connectivity index (χ3n) is 3.82. The lowest BCUT2D eigenvalue weighted by molar-refractivity contribution is 0.134. The fraction of sp³-hybridized carbons (Fsp3) is 0.692. The lowest BCUT2D eigenvalue weighted by atomic mass is 9.67. The van der Waals surface area contributed by atoms with Crippen molar-refractivity contribution in [2.75, 3.05) is 11.9 Å². The van der Waals surface area contributed by atoms with E-state index in [1.807, 2.05) is 6.07 Å². The molecule has 0 radical (unpaired) electrons. The molecule has 94 valence electrons. The number of rotatable bonds is 5. The molecule has 1 aromatic rings. The van der Waals surface area contributed by atoms with E-state index in [4.69, 9.17) is 5.73 Å². The van der Waals surface area contributed by atoms with Crippen molar-refractivity contribution < 1.29 is 0 Å². The van der Waals surface area contributed by atoms with Crippen molar-refractivity contribution >= 4 is 5.82 Å². The monoisotopic (exact) mass is 234 g/mol. The van der Waals surface area contributed by atoms with Crippen molar-refractivity contribution in [1.82, 2.24) is 9.97 Å². The number of nitrogens with two attached hydrogens (primary N) is 1. The van der Waals surface area contributed by atoms with Crippen LogP contribution < -0.4 is 11.1 Å². The normalized spacial score (nSPS) is 16.6. The van der Waals surface area contributed by atoms with Crippen molar-refractivity contribution in [3.63, 3.8) is 0 Å². The molecule has 1 aliphatic rings. The summed E-state index contributed by atoms with van der Waals surface area (Å²) in [5.74, 6) is 2.43. The molecule has 0 saturated heterocycles. The molecule has 1 heterocycles. The maximum Gasteiger partial charge on any atom is 0.144 e. The molecule has 3 N–H and O–H groups in total. The molecule has 0 unspecified atom stereocenters. The highest BCUT2D eigenvalue weighted by Crippen LogP contribution is 2.41. The number of nitrogens with one attached hydrogen (secondary N) is 1. The summed E-state index contributed by atoms with van der Waals surface area (Å²) >= 11 is 0. The summed E-state index contributed by atoms with van der Waals surface area (Å²) in [6, 6.07) is 1.90. The van der Waals surface area contributed by atoms with Gasteiger partial charge in [-0.1, -0.05) is 20.3 Å². The van der Waals surface area contributed by atoms with Crippen LogP contribution in [0.2, 0.25) is 0 Å². The van der Waals surface area contributed by atoms with E-state index in [0.717, 1.165) is 18.3 Å². The van der Waals surface area contributed by atoms with Gasteiger partial charge in [0.15, 0.2) is 0 Å². The van der Waals surface area contributed by atoms with Crippen LogP contribution in [-0.2, 0) is 6.54 Å². The quantitative estimate of drug-likeness (QED) is 0.819. The van der Waals surface area contributed by atoms with Crippen molar-refractivity contribution in [1.29, 1.82) is 0 Å². The van der Waals surface area contributed by atoms with E-state index < -0.39 is 0 Å². The summed E-state index contributed by atoms with van der Waals surface area (Å²) in [4.78, 5) is 8.44. The zero-order valence-corrected chi connectivity index (χ0v) is 10.7. The zero-order valence-electron chi connectivity index (χ0n) is 10.7. The molecule has 4 nitrogen and oxygen atoms in total. The molecular formula is C13H22N4. The number of hydrogen-bond acceptors (Lipinski definition) is 4. The molecule has 0 amide bonds. The number of aromatic nitrogens is 2. The average Bonchev–Trinajstić information content (AvgIpc) is 2.24. The van der Waals surface area contributed by atoms with Gasteiger partial charge in [0.1, 0.15) is 11.6 Å². The fourth-order valence-corrected chi connectivity index (χ4v) is 2.25. The van der Waals surface area contributed by atoms with E-state index in [9.17, 15) is 0 Å². The van der Waals surface area contributed by atoms with Gasteiger partial charge in [-0.15, -0.1) is 0 Å². The summed E-state index contributed by atoms with van der Waals surface area (Å²) in [7, 11) is 0. The molecular weight excluding hydrogens is 212 g/mol. The van der Waals surface area contributed by atoms with Gasteiger partial charge >= 0.3 is 0 Å². The van der Waals surface area contributed by atoms with Crippen molar-refractivity contribution in [3.8, 4) is 0 Å². The maximum atomic E-state index is 5.53. The molecule has 0 atom stereocenters. The fourth-order valence-electron chi connectivity index (χ4n) is 2.25.